The first kappa shape index (κ1) is 9.42. The third-order valence-corrected chi connectivity index (χ3v) is 1.57. The zero-order chi connectivity index (χ0) is 9.68. The SMILES string of the molecule is CC(CN)Nc1ncncc1C#N. The third kappa shape index (κ3) is 2.39. The van der Waals surface area contributed by atoms with Gasteiger partial charge in [-0.25, -0.2) is 9.97 Å². The van der Waals surface area contributed by atoms with Crippen LogP contribution in [0.25, 0.3) is 0 Å². The molecule has 1 aromatic rings. The Morgan fingerprint density at radius 2 is 2.54 bits per heavy atom. The maximum absolute atomic E-state index is 8.70. The van der Waals surface area contributed by atoms with E-state index in [1.807, 2.05) is 13.0 Å². The Balaban J connectivity index is 2.82. The first-order valence-corrected chi connectivity index (χ1v) is 3.94. The van der Waals surface area contributed by atoms with Crippen LogP contribution in [-0.2, 0) is 0 Å². The second kappa shape index (κ2) is 4.38. The molecule has 1 aromatic heterocycles. The third-order valence-electron chi connectivity index (χ3n) is 1.57. The van der Waals surface area contributed by atoms with Crippen molar-refractivity contribution >= 4 is 5.82 Å². The molecule has 13 heavy (non-hydrogen) atoms. The van der Waals surface area contributed by atoms with Gasteiger partial charge in [0.2, 0.25) is 0 Å². The van der Waals surface area contributed by atoms with Crippen molar-refractivity contribution in [1.29, 1.82) is 5.26 Å². The van der Waals surface area contributed by atoms with E-state index < -0.39 is 0 Å². The minimum Gasteiger partial charge on any atom is -0.365 e. The quantitative estimate of drug-likeness (QED) is 0.684. The van der Waals surface area contributed by atoms with E-state index in [9.17, 15) is 0 Å². The topological polar surface area (TPSA) is 87.6 Å². The first-order chi connectivity index (χ1) is 6.27. The largest absolute Gasteiger partial charge is 0.365 e. The number of hydrogen-bond donors (Lipinski definition) is 2. The Kier molecular flexibility index (Phi) is 3.17. The van der Waals surface area contributed by atoms with Crippen molar-refractivity contribution in [2.75, 3.05) is 11.9 Å². The molecule has 5 nitrogen and oxygen atoms in total. The van der Waals surface area contributed by atoms with Crippen LogP contribution in [0.3, 0.4) is 0 Å². The average Bonchev–Trinajstić information content (AvgIpc) is 2.18. The fourth-order valence-electron chi connectivity index (χ4n) is 0.819. The van der Waals surface area contributed by atoms with Crippen LogP contribution in [-0.4, -0.2) is 22.6 Å². The van der Waals surface area contributed by atoms with Gasteiger partial charge < -0.3 is 11.1 Å². The minimum atomic E-state index is 0.0991. The van der Waals surface area contributed by atoms with Crippen molar-refractivity contribution in [3.63, 3.8) is 0 Å². The van der Waals surface area contributed by atoms with E-state index >= 15 is 0 Å². The van der Waals surface area contributed by atoms with E-state index in [0.717, 1.165) is 0 Å². The lowest BCUT2D eigenvalue weighted by Crippen LogP contribution is -2.26. The molecule has 0 saturated heterocycles. The number of nitrogens with two attached hydrogens (primary N) is 1. The summed E-state index contributed by atoms with van der Waals surface area (Å²) in [5, 5.41) is 11.7. The van der Waals surface area contributed by atoms with Crippen LogP contribution < -0.4 is 11.1 Å². The van der Waals surface area contributed by atoms with E-state index in [2.05, 4.69) is 15.3 Å². The summed E-state index contributed by atoms with van der Waals surface area (Å²) in [5.74, 6) is 0.537. The van der Waals surface area contributed by atoms with Gasteiger partial charge in [0, 0.05) is 12.6 Å². The summed E-state index contributed by atoms with van der Waals surface area (Å²) in [6, 6.07) is 2.10. The maximum Gasteiger partial charge on any atom is 0.147 e. The summed E-state index contributed by atoms with van der Waals surface area (Å²) < 4.78 is 0. The lowest BCUT2D eigenvalue weighted by Gasteiger charge is -2.11. The summed E-state index contributed by atoms with van der Waals surface area (Å²) >= 11 is 0. The molecule has 0 spiro atoms. The van der Waals surface area contributed by atoms with E-state index in [-0.39, 0.29) is 6.04 Å². The molecular formula is C8H11N5. The highest BCUT2D eigenvalue weighted by Gasteiger charge is 2.05. The van der Waals surface area contributed by atoms with Gasteiger partial charge >= 0.3 is 0 Å². The van der Waals surface area contributed by atoms with Crippen molar-refractivity contribution in [2.45, 2.75) is 13.0 Å². The Labute approximate surface area is 76.6 Å². The predicted molar refractivity (Wildman–Crippen MR) is 48.9 cm³/mol. The second-order valence-electron chi connectivity index (χ2n) is 2.68. The number of nitrogens with one attached hydrogen (secondary N) is 1. The van der Waals surface area contributed by atoms with E-state index in [1.165, 1.54) is 12.5 Å². The monoisotopic (exact) mass is 177 g/mol. The summed E-state index contributed by atoms with van der Waals surface area (Å²) in [6.07, 6.45) is 2.87. The summed E-state index contributed by atoms with van der Waals surface area (Å²) in [4.78, 5) is 7.68. The Hall–Kier alpha value is -1.67. The summed E-state index contributed by atoms with van der Waals surface area (Å²) in [7, 11) is 0. The molecule has 1 atom stereocenters. The molecule has 0 aliphatic rings. The number of anilines is 1. The molecule has 0 radical (unpaired) electrons. The smallest absolute Gasteiger partial charge is 0.147 e. The van der Waals surface area contributed by atoms with Crippen molar-refractivity contribution < 1.29 is 0 Å². The number of aromatic nitrogens is 2. The van der Waals surface area contributed by atoms with Crippen molar-refractivity contribution in [2.24, 2.45) is 5.73 Å². The van der Waals surface area contributed by atoms with Gasteiger partial charge in [0.25, 0.3) is 0 Å². The molecule has 1 heterocycles. The van der Waals surface area contributed by atoms with E-state index in [4.69, 9.17) is 11.0 Å². The number of nitriles is 1. The molecule has 0 fully saturated rings. The fourth-order valence-corrected chi connectivity index (χ4v) is 0.819. The number of hydrogen-bond acceptors (Lipinski definition) is 5. The Bertz CT molecular complexity index is 317. The molecule has 0 bridgehead atoms. The summed E-state index contributed by atoms with van der Waals surface area (Å²) in [5.41, 5.74) is 5.86. The molecule has 1 rings (SSSR count). The van der Waals surface area contributed by atoms with E-state index in [0.29, 0.717) is 17.9 Å². The molecule has 5 heteroatoms. The van der Waals surface area contributed by atoms with Gasteiger partial charge in [0.05, 0.1) is 6.20 Å². The standard InChI is InChI=1S/C8H11N5/c1-6(2-9)13-8-7(3-10)4-11-5-12-8/h4-6H,2,9H2,1H3,(H,11,12,13). The molecule has 3 N–H and O–H groups in total. The molecule has 1 unspecified atom stereocenters. The summed E-state index contributed by atoms with van der Waals surface area (Å²) in [6.45, 7) is 2.41. The first-order valence-electron chi connectivity index (χ1n) is 3.94. The molecule has 0 aromatic carbocycles. The van der Waals surface area contributed by atoms with Crippen LogP contribution in [0.4, 0.5) is 5.82 Å². The lowest BCUT2D eigenvalue weighted by molar-refractivity contribution is 0.796. The van der Waals surface area contributed by atoms with Gasteiger partial charge in [-0.15, -0.1) is 0 Å². The minimum absolute atomic E-state index is 0.0991. The van der Waals surface area contributed by atoms with Gasteiger partial charge in [-0.2, -0.15) is 5.26 Å². The van der Waals surface area contributed by atoms with Crippen LogP contribution in [0.15, 0.2) is 12.5 Å². The van der Waals surface area contributed by atoms with Gasteiger partial charge in [0.15, 0.2) is 0 Å². The van der Waals surface area contributed by atoms with Crippen molar-refractivity contribution in [1.82, 2.24) is 9.97 Å². The molecule has 0 aliphatic carbocycles. The van der Waals surface area contributed by atoms with E-state index in [1.54, 1.807) is 0 Å². The Morgan fingerprint density at radius 3 is 3.15 bits per heavy atom. The molecule has 0 amide bonds. The van der Waals surface area contributed by atoms with Crippen LogP contribution in [0.2, 0.25) is 0 Å². The van der Waals surface area contributed by atoms with Crippen molar-refractivity contribution in [3.05, 3.63) is 18.1 Å². The average molecular weight is 177 g/mol. The van der Waals surface area contributed by atoms with Crippen LogP contribution in [0, 0.1) is 11.3 Å². The fraction of sp³-hybridized carbons (Fsp3) is 0.375. The van der Waals surface area contributed by atoms with Gasteiger partial charge in [-0.1, -0.05) is 0 Å². The highest BCUT2D eigenvalue weighted by Crippen LogP contribution is 2.08. The zero-order valence-electron chi connectivity index (χ0n) is 7.36. The maximum atomic E-state index is 8.70. The van der Waals surface area contributed by atoms with Crippen LogP contribution >= 0.6 is 0 Å². The second-order valence-corrected chi connectivity index (χ2v) is 2.68. The number of nitrogens with zero attached hydrogens (tertiary/aromatic N) is 3. The van der Waals surface area contributed by atoms with Gasteiger partial charge in [0.1, 0.15) is 23.8 Å². The van der Waals surface area contributed by atoms with Gasteiger partial charge in [-0.3, -0.25) is 0 Å². The lowest BCUT2D eigenvalue weighted by atomic mass is 10.3. The normalized spacial score (nSPS) is 11.8. The molecule has 0 aliphatic heterocycles. The van der Waals surface area contributed by atoms with Crippen LogP contribution in [0.5, 0.6) is 0 Å². The zero-order valence-corrected chi connectivity index (χ0v) is 7.36. The van der Waals surface area contributed by atoms with Gasteiger partial charge in [-0.05, 0) is 6.92 Å². The molecule has 0 saturated carbocycles. The molecule has 68 valence electrons. The van der Waals surface area contributed by atoms with Crippen molar-refractivity contribution in [3.8, 4) is 6.07 Å². The highest BCUT2D eigenvalue weighted by molar-refractivity contribution is 5.50. The number of rotatable bonds is 3. The Morgan fingerprint density at radius 1 is 1.77 bits per heavy atom. The molecular weight excluding hydrogens is 166 g/mol. The van der Waals surface area contributed by atoms with Crippen LogP contribution in [0.1, 0.15) is 12.5 Å². The highest BCUT2D eigenvalue weighted by atomic mass is 15.0. The predicted octanol–water partition coefficient (Wildman–Crippen LogP) is 0.107.